The third-order valence-corrected chi connectivity index (χ3v) is 3.88. The van der Waals surface area contributed by atoms with E-state index in [2.05, 4.69) is 32.0 Å². The molecule has 0 spiro atoms. The number of ether oxygens (including phenoxy) is 1. The Balaban J connectivity index is 1.99. The molecule has 0 saturated carbocycles. The van der Waals surface area contributed by atoms with Crippen LogP contribution in [-0.4, -0.2) is 9.97 Å². The molecule has 5 heteroatoms. The number of hydrogen-bond donors (Lipinski definition) is 0. The molecule has 94 valence electrons. The summed E-state index contributed by atoms with van der Waals surface area (Å²) in [6, 6.07) is 13.9. The standard InChI is InChI=1S/C14H8BrClN2O/c15-12-13(16)17-8-18-14(12)19-11-6-5-9-3-1-2-4-10(9)7-11/h1-8H. The van der Waals surface area contributed by atoms with Crippen molar-refractivity contribution in [1.29, 1.82) is 0 Å². The van der Waals surface area contributed by atoms with Crippen LogP contribution in [0.2, 0.25) is 5.15 Å². The van der Waals surface area contributed by atoms with E-state index >= 15 is 0 Å². The number of fused-ring (bicyclic) bond motifs is 1. The van der Waals surface area contributed by atoms with E-state index in [0.717, 1.165) is 10.8 Å². The second-order valence-electron chi connectivity index (χ2n) is 3.89. The van der Waals surface area contributed by atoms with Crippen LogP contribution >= 0.6 is 27.5 Å². The van der Waals surface area contributed by atoms with Gasteiger partial charge in [0.2, 0.25) is 5.88 Å². The van der Waals surface area contributed by atoms with E-state index in [-0.39, 0.29) is 0 Å². The van der Waals surface area contributed by atoms with Crippen molar-refractivity contribution in [3.63, 3.8) is 0 Å². The minimum atomic E-state index is 0.325. The lowest BCUT2D eigenvalue weighted by Crippen LogP contribution is -1.91. The van der Waals surface area contributed by atoms with Crippen molar-refractivity contribution < 1.29 is 4.74 Å². The van der Waals surface area contributed by atoms with Gasteiger partial charge in [0.1, 0.15) is 16.5 Å². The Bertz CT molecular complexity index is 748. The first-order valence-corrected chi connectivity index (χ1v) is 6.74. The van der Waals surface area contributed by atoms with E-state index in [0.29, 0.717) is 21.3 Å². The fourth-order valence-electron chi connectivity index (χ4n) is 1.75. The van der Waals surface area contributed by atoms with E-state index < -0.39 is 0 Å². The molecule has 0 aliphatic rings. The maximum absolute atomic E-state index is 5.90. The molecule has 0 radical (unpaired) electrons. The molecule has 0 aliphatic carbocycles. The quantitative estimate of drug-likeness (QED) is 0.629. The van der Waals surface area contributed by atoms with Gasteiger partial charge in [0.25, 0.3) is 0 Å². The van der Waals surface area contributed by atoms with Crippen LogP contribution < -0.4 is 4.74 Å². The smallest absolute Gasteiger partial charge is 0.238 e. The molecular formula is C14H8BrClN2O. The van der Waals surface area contributed by atoms with Gasteiger partial charge in [-0.25, -0.2) is 9.97 Å². The van der Waals surface area contributed by atoms with Gasteiger partial charge in [0.05, 0.1) is 0 Å². The molecule has 0 aliphatic heterocycles. The molecule has 2 aromatic carbocycles. The topological polar surface area (TPSA) is 35.0 Å². The molecule has 19 heavy (non-hydrogen) atoms. The fourth-order valence-corrected chi connectivity index (χ4v) is 2.16. The molecule has 0 amide bonds. The summed E-state index contributed by atoms with van der Waals surface area (Å²) in [7, 11) is 0. The van der Waals surface area contributed by atoms with E-state index in [1.165, 1.54) is 6.33 Å². The number of benzene rings is 2. The first-order valence-electron chi connectivity index (χ1n) is 5.57. The van der Waals surface area contributed by atoms with Crippen LogP contribution in [0.1, 0.15) is 0 Å². The number of aromatic nitrogens is 2. The lowest BCUT2D eigenvalue weighted by Gasteiger charge is -2.07. The van der Waals surface area contributed by atoms with Gasteiger partial charge >= 0.3 is 0 Å². The zero-order valence-electron chi connectivity index (χ0n) is 9.68. The summed E-state index contributed by atoms with van der Waals surface area (Å²) in [5, 5.41) is 2.59. The summed E-state index contributed by atoms with van der Waals surface area (Å²) >= 11 is 9.20. The predicted octanol–water partition coefficient (Wildman–Crippen LogP) is 4.84. The molecule has 0 atom stereocenters. The molecule has 1 heterocycles. The van der Waals surface area contributed by atoms with Gasteiger partial charge in [-0.2, -0.15) is 0 Å². The summed E-state index contributed by atoms with van der Waals surface area (Å²) in [6.07, 6.45) is 1.36. The Morgan fingerprint density at radius 2 is 1.79 bits per heavy atom. The van der Waals surface area contributed by atoms with Gasteiger partial charge in [0.15, 0.2) is 5.15 Å². The Kier molecular flexibility index (Phi) is 3.36. The highest BCUT2D eigenvalue weighted by Crippen LogP contribution is 2.32. The second-order valence-corrected chi connectivity index (χ2v) is 5.05. The molecule has 0 saturated heterocycles. The first-order chi connectivity index (χ1) is 9.24. The Morgan fingerprint density at radius 3 is 2.63 bits per heavy atom. The molecule has 0 unspecified atom stereocenters. The van der Waals surface area contributed by atoms with Crippen LogP contribution in [0.4, 0.5) is 0 Å². The Hall–Kier alpha value is -1.65. The number of nitrogens with zero attached hydrogens (tertiary/aromatic N) is 2. The number of hydrogen-bond acceptors (Lipinski definition) is 3. The lowest BCUT2D eigenvalue weighted by atomic mass is 10.1. The van der Waals surface area contributed by atoms with Crippen molar-refractivity contribution in [3.05, 3.63) is 58.4 Å². The van der Waals surface area contributed by atoms with E-state index in [4.69, 9.17) is 16.3 Å². The average molecular weight is 336 g/mol. The molecule has 3 aromatic rings. The van der Waals surface area contributed by atoms with Crippen LogP contribution in [0.5, 0.6) is 11.6 Å². The first kappa shape index (κ1) is 12.4. The predicted molar refractivity (Wildman–Crippen MR) is 78.8 cm³/mol. The lowest BCUT2D eigenvalue weighted by molar-refractivity contribution is 0.459. The highest BCUT2D eigenvalue weighted by Gasteiger charge is 2.09. The normalized spacial score (nSPS) is 10.6. The van der Waals surface area contributed by atoms with Gasteiger partial charge < -0.3 is 4.74 Å². The summed E-state index contributed by atoms with van der Waals surface area (Å²) in [6.45, 7) is 0. The Labute approximate surface area is 123 Å². The van der Waals surface area contributed by atoms with Gasteiger partial charge in [0, 0.05) is 0 Å². The highest BCUT2D eigenvalue weighted by molar-refractivity contribution is 9.10. The van der Waals surface area contributed by atoms with Crippen LogP contribution in [0, 0.1) is 0 Å². The third-order valence-electron chi connectivity index (χ3n) is 2.65. The van der Waals surface area contributed by atoms with E-state index in [9.17, 15) is 0 Å². The second kappa shape index (κ2) is 5.15. The van der Waals surface area contributed by atoms with Gasteiger partial charge in [-0.15, -0.1) is 0 Å². The van der Waals surface area contributed by atoms with Crippen molar-refractivity contribution >= 4 is 38.3 Å². The summed E-state index contributed by atoms with van der Waals surface area (Å²) in [5.74, 6) is 1.10. The number of rotatable bonds is 2. The van der Waals surface area contributed by atoms with Crippen molar-refractivity contribution in [3.8, 4) is 11.6 Å². The van der Waals surface area contributed by atoms with Crippen molar-refractivity contribution in [2.75, 3.05) is 0 Å². The van der Waals surface area contributed by atoms with Crippen molar-refractivity contribution in [2.45, 2.75) is 0 Å². The molecular weight excluding hydrogens is 328 g/mol. The zero-order chi connectivity index (χ0) is 13.2. The highest BCUT2D eigenvalue weighted by atomic mass is 79.9. The monoisotopic (exact) mass is 334 g/mol. The number of halogens is 2. The van der Waals surface area contributed by atoms with Gasteiger partial charge in [-0.05, 0) is 38.8 Å². The van der Waals surface area contributed by atoms with Crippen LogP contribution in [0.25, 0.3) is 10.8 Å². The summed E-state index contributed by atoms with van der Waals surface area (Å²) in [4.78, 5) is 7.91. The van der Waals surface area contributed by atoms with E-state index in [1.807, 2.05) is 36.4 Å². The molecule has 3 nitrogen and oxygen atoms in total. The summed E-state index contributed by atoms with van der Waals surface area (Å²) < 4.78 is 6.26. The third kappa shape index (κ3) is 2.55. The van der Waals surface area contributed by atoms with Crippen LogP contribution in [0.3, 0.4) is 0 Å². The zero-order valence-corrected chi connectivity index (χ0v) is 12.0. The maximum atomic E-state index is 5.90. The van der Waals surface area contributed by atoms with Crippen molar-refractivity contribution in [2.24, 2.45) is 0 Å². The fraction of sp³-hybridized carbons (Fsp3) is 0. The summed E-state index contributed by atoms with van der Waals surface area (Å²) in [5.41, 5.74) is 0. The van der Waals surface area contributed by atoms with Crippen LogP contribution in [-0.2, 0) is 0 Å². The molecule has 0 bridgehead atoms. The van der Waals surface area contributed by atoms with Gasteiger partial charge in [-0.3, -0.25) is 0 Å². The van der Waals surface area contributed by atoms with Crippen molar-refractivity contribution in [1.82, 2.24) is 9.97 Å². The van der Waals surface area contributed by atoms with E-state index in [1.54, 1.807) is 0 Å². The van der Waals surface area contributed by atoms with Crippen LogP contribution in [0.15, 0.2) is 53.3 Å². The SMILES string of the molecule is Clc1ncnc(Oc2ccc3ccccc3c2)c1Br. The molecule has 0 fully saturated rings. The molecule has 0 N–H and O–H groups in total. The molecule has 1 aromatic heterocycles. The minimum Gasteiger partial charge on any atom is -0.438 e. The average Bonchev–Trinajstić information content (AvgIpc) is 2.44. The largest absolute Gasteiger partial charge is 0.438 e. The Morgan fingerprint density at radius 1 is 1.00 bits per heavy atom. The van der Waals surface area contributed by atoms with Gasteiger partial charge in [-0.1, -0.05) is 41.9 Å². The maximum Gasteiger partial charge on any atom is 0.238 e. The molecule has 3 rings (SSSR count). The minimum absolute atomic E-state index is 0.325.